The molecule has 1 aliphatic heterocycles. The van der Waals surface area contributed by atoms with Gasteiger partial charge < -0.3 is 14.8 Å². The van der Waals surface area contributed by atoms with Crippen LogP contribution in [0.4, 0.5) is 11.4 Å². The van der Waals surface area contributed by atoms with Gasteiger partial charge in [-0.15, -0.1) is 11.3 Å². The highest BCUT2D eigenvalue weighted by Gasteiger charge is 2.41. The van der Waals surface area contributed by atoms with E-state index in [0.29, 0.717) is 36.3 Å². The van der Waals surface area contributed by atoms with Gasteiger partial charge in [-0.25, -0.2) is 0 Å². The number of Topliss-reactive ketones (excluding diaryl/α,β-unsaturated/α-hetero) is 1. The van der Waals surface area contributed by atoms with E-state index in [1.165, 1.54) is 0 Å². The van der Waals surface area contributed by atoms with Crippen molar-refractivity contribution in [2.75, 3.05) is 24.4 Å². The van der Waals surface area contributed by atoms with E-state index in [1.807, 2.05) is 64.9 Å². The second-order valence-corrected chi connectivity index (χ2v) is 10.8. The number of unbranched alkanes of at least 4 members (excludes halogenated alkanes) is 2. The van der Waals surface area contributed by atoms with E-state index in [2.05, 4.69) is 12.2 Å². The third-order valence-electron chi connectivity index (χ3n) is 7.44. The second-order valence-electron chi connectivity index (χ2n) is 9.82. The molecule has 1 aliphatic carbocycles. The van der Waals surface area contributed by atoms with Crippen LogP contribution in [0.5, 0.6) is 11.5 Å². The predicted molar refractivity (Wildman–Crippen MR) is 152 cm³/mol. The second kappa shape index (κ2) is 11.4. The van der Waals surface area contributed by atoms with Crippen molar-refractivity contribution in [1.29, 1.82) is 0 Å². The minimum absolute atomic E-state index is 0.0171. The van der Waals surface area contributed by atoms with Gasteiger partial charge >= 0.3 is 0 Å². The van der Waals surface area contributed by atoms with Crippen molar-refractivity contribution in [3.05, 3.63) is 81.7 Å². The molecule has 1 amide bonds. The molecule has 1 aromatic heterocycles. The Bertz CT molecular complexity index is 1350. The van der Waals surface area contributed by atoms with E-state index >= 15 is 0 Å². The van der Waals surface area contributed by atoms with Crippen LogP contribution in [-0.2, 0) is 9.59 Å². The zero-order valence-corrected chi connectivity index (χ0v) is 23.0. The van der Waals surface area contributed by atoms with Gasteiger partial charge in [0.25, 0.3) is 0 Å². The van der Waals surface area contributed by atoms with E-state index < -0.39 is 6.04 Å². The molecule has 2 atom stereocenters. The molecule has 38 heavy (non-hydrogen) atoms. The summed E-state index contributed by atoms with van der Waals surface area (Å²) in [4.78, 5) is 30.7. The number of para-hydroxylation sites is 2. The van der Waals surface area contributed by atoms with Crippen LogP contribution in [-0.4, -0.2) is 25.9 Å². The van der Waals surface area contributed by atoms with Crippen molar-refractivity contribution in [3.8, 4) is 11.5 Å². The molecule has 2 aliphatic rings. The Balaban J connectivity index is 1.60. The molecule has 6 nitrogen and oxygen atoms in total. The van der Waals surface area contributed by atoms with Crippen LogP contribution in [0.2, 0.25) is 0 Å². The van der Waals surface area contributed by atoms with Gasteiger partial charge in [0.1, 0.15) is 6.04 Å². The first-order chi connectivity index (χ1) is 18.5. The normalized spacial score (nSPS) is 18.8. The van der Waals surface area contributed by atoms with Crippen molar-refractivity contribution < 1.29 is 19.1 Å². The summed E-state index contributed by atoms with van der Waals surface area (Å²) in [5, 5.41) is 5.61. The van der Waals surface area contributed by atoms with Gasteiger partial charge in [0.2, 0.25) is 5.91 Å². The van der Waals surface area contributed by atoms with Crippen LogP contribution in [0.1, 0.15) is 67.8 Å². The lowest BCUT2D eigenvalue weighted by Crippen LogP contribution is -2.38. The number of hydrogen-bond acceptors (Lipinski definition) is 6. The summed E-state index contributed by atoms with van der Waals surface area (Å²) >= 11 is 1.59. The van der Waals surface area contributed by atoms with Crippen molar-refractivity contribution in [2.45, 2.75) is 57.4 Å². The SMILES string of the molecule is CCCCCC(=O)N1c2ccccc2NC2=C(C(=O)C[C@@H](c3ccc(OC)c(OC)c3)C2)[C@H]1c1cccs1. The lowest BCUT2D eigenvalue weighted by molar-refractivity contribution is -0.119. The molecule has 198 valence electrons. The number of benzene rings is 2. The molecular formula is C31H34N2O4S. The van der Waals surface area contributed by atoms with E-state index in [-0.39, 0.29) is 17.6 Å². The summed E-state index contributed by atoms with van der Waals surface area (Å²) < 4.78 is 10.9. The Morgan fingerprint density at radius 3 is 2.58 bits per heavy atom. The maximum atomic E-state index is 14.0. The molecule has 0 bridgehead atoms. The monoisotopic (exact) mass is 530 g/mol. The van der Waals surface area contributed by atoms with Crippen LogP contribution < -0.4 is 19.7 Å². The summed E-state index contributed by atoms with van der Waals surface area (Å²) in [7, 11) is 3.24. The van der Waals surface area contributed by atoms with Crippen LogP contribution in [0.25, 0.3) is 0 Å². The molecule has 2 aromatic carbocycles. The fourth-order valence-electron chi connectivity index (χ4n) is 5.57. The first-order valence-electron chi connectivity index (χ1n) is 13.2. The topological polar surface area (TPSA) is 67.9 Å². The van der Waals surface area contributed by atoms with Gasteiger partial charge in [0, 0.05) is 29.0 Å². The largest absolute Gasteiger partial charge is 0.493 e. The fourth-order valence-corrected chi connectivity index (χ4v) is 6.39. The average Bonchev–Trinajstić information content (AvgIpc) is 3.42. The van der Waals surface area contributed by atoms with Crippen LogP contribution in [0.15, 0.2) is 71.2 Å². The number of ketones is 1. The maximum absolute atomic E-state index is 14.0. The summed E-state index contributed by atoms with van der Waals surface area (Å²) in [5.74, 6) is 1.41. The van der Waals surface area contributed by atoms with Gasteiger partial charge in [0.15, 0.2) is 17.3 Å². The van der Waals surface area contributed by atoms with Crippen LogP contribution in [0, 0.1) is 0 Å². The number of thiophene rings is 1. The third kappa shape index (κ3) is 4.95. The smallest absolute Gasteiger partial charge is 0.227 e. The molecule has 3 aromatic rings. The number of rotatable bonds is 8. The Morgan fingerprint density at radius 1 is 1.03 bits per heavy atom. The van der Waals surface area contributed by atoms with Gasteiger partial charge in [0.05, 0.1) is 25.6 Å². The van der Waals surface area contributed by atoms with E-state index in [4.69, 9.17) is 9.47 Å². The van der Waals surface area contributed by atoms with E-state index in [9.17, 15) is 9.59 Å². The number of anilines is 2. The van der Waals surface area contributed by atoms with Crippen molar-refractivity contribution in [1.82, 2.24) is 0 Å². The summed E-state index contributed by atoms with van der Waals surface area (Å²) in [6, 6.07) is 17.3. The Morgan fingerprint density at radius 2 is 1.84 bits per heavy atom. The highest BCUT2D eigenvalue weighted by atomic mass is 32.1. The van der Waals surface area contributed by atoms with E-state index in [0.717, 1.165) is 46.8 Å². The molecule has 1 N–H and O–H groups in total. The number of fused-ring (bicyclic) bond motifs is 1. The van der Waals surface area contributed by atoms with Crippen LogP contribution in [0.3, 0.4) is 0 Å². The van der Waals surface area contributed by atoms with Crippen molar-refractivity contribution >= 4 is 34.4 Å². The molecule has 7 heteroatoms. The standard InChI is InChI=1S/C31H34N2O4S/c1-4-5-6-13-29(35)33-24-11-8-7-10-22(24)32-23-17-21(20-14-15-26(36-2)27(19-20)37-3)18-25(34)30(23)31(33)28-12-9-16-38-28/h7-12,14-16,19,21,31-32H,4-6,13,17-18H2,1-3H3/t21-,31+/m0/s1. The summed E-state index contributed by atoms with van der Waals surface area (Å²) in [6.45, 7) is 2.14. The van der Waals surface area contributed by atoms with E-state index in [1.54, 1.807) is 25.6 Å². The minimum atomic E-state index is -0.450. The predicted octanol–water partition coefficient (Wildman–Crippen LogP) is 7.25. The number of nitrogens with one attached hydrogen (secondary N) is 1. The first-order valence-corrected chi connectivity index (χ1v) is 14.1. The van der Waals surface area contributed by atoms with Gasteiger partial charge in [-0.05, 0) is 60.0 Å². The van der Waals surface area contributed by atoms with Gasteiger partial charge in [-0.2, -0.15) is 0 Å². The molecule has 0 saturated carbocycles. The molecule has 0 unspecified atom stereocenters. The van der Waals surface area contributed by atoms with Crippen LogP contribution >= 0.6 is 11.3 Å². The van der Waals surface area contributed by atoms with Gasteiger partial charge in [-0.1, -0.05) is 44.0 Å². The molecule has 0 radical (unpaired) electrons. The summed E-state index contributed by atoms with van der Waals surface area (Å²) in [6.07, 6.45) is 4.36. The Hall–Kier alpha value is -3.58. The number of ether oxygens (including phenoxy) is 2. The quantitative estimate of drug-likeness (QED) is 0.311. The Kier molecular flexibility index (Phi) is 7.84. The molecular weight excluding hydrogens is 496 g/mol. The van der Waals surface area contributed by atoms with Crippen molar-refractivity contribution in [3.63, 3.8) is 0 Å². The summed E-state index contributed by atoms with van der Waals surface area (Å²) in [5.41, 5.74) is 4.28. The molecule has 5 rings (SSSR count). The molecule has 0 fully saturated rings. The molecule has 0 spiro atoms. The van der Waals surface area contributed by atoms with Crippen molar-refractivity contribution in [2.24, 2.45) is 0 Å². The average molecular weight is 531 g/mol. The third-order valence-corrected chi connectivity index (χ3v) is 8.37. The lowest BCUT2D eigenvalue weighted by atomic mass is 9.79. The number of amides is 1. The minimum Gasteiger partial charge on any atom is -0.493 e. The number of methoxy groups -OCH3 is 2. The zero-order valence-electron chi connectivity index (χ0n) is 22.2. The Labute approximate surface area is 228 Å². The first kappa shape index (κ1) is 26.0. The fraction of sp³-hybridized carbons (Fsp3) is 0.355. The highest BCUT2D eigenvalue weighted by molar-refractivity contribution is 7.10. The number of carbonyl (C=O) groups excluding carboxylic acids is 2. The number of carbonyl (C=O) groups is 2. The highest BCUT2D eigenvalue weighted by Crippen LogP contribution is 2.49. The van der Waals surface area contributed by atoms with Gasteiger partial charge in [-0.3, -0.25) is 14.5 Å². The molecule has 0 saturated heterocycles. The number of allylic oxidation sites excluding steroid dienone is 1. The zero-order chi connectivity index (χ0) is 26.6. The maximum Gasteiger partial charge on any atom is 0.227 e. The molecule has 2 heterocycles. The lowest BCUT2D eigenvalue weighted by Gasteiger charge is -2.34. The number of nitrogens with zero attached hydrogens (tertiary/aromatic N) is 1. The number of hydrogen-bond donors (Lipinski definition) is 1.